The molecule has 0 spiro atoms. The van der Waals surface area contributed by atoms with Crippen molar-refractivity contribution < 1.29 is 0 Å². The number of likely N-dealkylation sites (tertiary alicyclic amines) is 1. The first kappa shape index (κ1) is 16.5. The van der Waals surface area contributed by atoms with E-state index in [0.717, 1.165) is 18.4 Å². The maximum atomic E-state index is 6.07. The molecule has 1 aromatic carbocycles. The van der Waals surface area contributed by atoms with Crippen molar-refractivity contribution in [2.75, 3.05) is 19.6 Å². The molecular formula is C19H32N2. The predicted molar refractivity (Wildman–Crippen MR) is 91.4 cm³/mol. The molecule has 0 radical (unpaired) electrons. The Hall–Kier alpha value is -0.860. The summed E-state index contributed by atoms with van der Waals surface area (Å²) in [5, 5.41) is 0. The van der Waals surface area contributed by atoms with Crippen molar-refractivity contribution in [2.45, 2.75) is 52.0 Å². The number of hydrogen-bond donors (Lipinski definition) is 1. The van der Waals surface area contributed by atoms with Gasteiger partial charge in [0.05, 0.1) is 0 Å². The van der Waals surface area contributed by atoms with Crippen LogP contribution in [0.25, 0.3) is 0 Å². The Balaban J connectivity index is 1.84. The zero-order chi connectivity index (χ0) is 15.1. The second kappa shape index (κ2) is 8.55. The molecule has 1 aliphatic heterocycles. The van der Waals surface area contributed by atoms with Crippen molar-refractivity contribution in [1.82, 2.24) is 4.90 Å². The molecule has 0 saturated carbocycles. The summed E-state index contributed by atoms with van der Waals surface area (Å²) in [7, 11) is 0. The first-order valence-corrected chi connectivity index (χ1v) is 8.76. The summed E-state index contributed by atoms with van der Waals surface area (Å²) >= 11 is 0. The van der Waals surface area contributed by atoms with Crippen LogP contribution in [-0.4, -0.2) is 30.6 Å². The van der Waals surface area contributed by atoms with Crippen molar-refractivity contribution in [2.24, 2.45) is 17.6 Å². The smallest absolute Gasteiger partial charge is 0.0246 e. The van der Waals surface area contributed by atoms with Gasteiger partial charge >= 0.3 is 0 Å². The van der Waals surface area contributed by atoms with Crippen LogP contribution in [0.5, 0.6) is 0 Å². The summed E-state index contributed by atoms with van der Waals surface area (Å²) in [5.74, 6) is 1.62. The minimum absolute atomic E-state index is 0.595. The number of benzene rings is 1. The van der Waals surface area contributed by atoms with E-state index in [2.05, 4.69) is 49.1 Å². The molecule has 1 unspecified atom stereocenters. The van der Waals surface area contributed by atoms with Gasteiger partial charge < -0.3 is 5.73 Å². The molecule has 2 N–H and O–H groups in total. The zero-order valence-electron chi connectivity index (χ0n) is 13.8. The molecule has 2 heteroatoms. The summed E-state index contributed by atoms with van der Waals surface area (Å²) < 4.78 is 0. The zero-order valence-corrected chi connectivity index (χ0v) is 13.8. The van der Waals surface area contributed by atoms with E-state index in [4.69, 9.17) is 5.73 Å². The lowest BCUT2D eigenvalue weighted by atomic mass is 9.87. The molecule has 0 bridgehead atoms. The van der Waals surface area contributed by atoms with Gasteiger partial charge in [0.25, 0.3) is 0 Å². The summed E-state index contributed by atoms with van der Waals surface area (Å²) in [4.78, 5) is 2.67. The van der Waals surface area contributed by atoms with Crippen LogP contribution in [0.4, 0.5) is 0 Å². The number of hydrogen-bond acceptors (Lipinski definition) is 2. The molecule has 1 atom stereocenters. The lowest BCUT2D eigenvalue weighted by Gasteiger charge is -2.40. The largest absolute Gasteiger partial charge is 0.329 e. The van der Waals surface area contributed by atoms with E-state index in [1.165, 1.54) is 50.8 Å². The number of nitrogens with two attached hydrogens (primary N) is 1. The SMILES string of the molecule is CCC(CC)C(CN)N1CCC(Cc2ccccc2)CC1. The van der Waals surface area contributed by atoms with Gasteiger partial charge in [-0.15, -0.1) is 0 Å². The van der Waals surface area contributed by atoms with Crippen molar-refractivity contribution in [1.29, 1.82) is 0 Å². The highest BCUT2D eigenvalue weighted by molar-refractivity contribution is 5.15. The summed E-state index contributed by atoms with van der Waals surface area (Å²) in [6.07, 6.45) is 6.40. The van der Waals surface area contributed by atoms with E-state index >= 15 is 0 Å². The number of piperidine rings is 1. The third-order valence-corrected chi connectivity index (χ3v) is 5.32. The van der Waals surface area contributed by atoms with Gasteiger partial charge in [0.15, 0.2) is 0 Å². The Labute approximate surface area is 130 Å². The van der Waals surface area contributed by atoms with Gasteiger partial charge in [-0.25, -0.2) is 0 Å². The van der Waals surface area contributed by atoms with Gasteiger partial charge in [0.1, 0.15) is 0 Å². The predicted octanol–water partition coefficient (Wildman–Crippen LogP) is 3.70. The van der Waals surface area contributed by atoms with Gasteiger partial charge in [-0.05, 0) is 49.8 Å². The Morgan fingerprint density at radius 1 is 1.10 bits per heavy atom. The Bertz CT molecular complexity index is 378. The van der Waals surface area contributed by atoms with E-state index in [9.17, 15) is 0 Å². The molecular weight excluding hydrogens is 256 g/mol. The van der Waals surface area contributed by atoms with Crippen LogP contribution in [0, 0.1) is 11.8 Å². The fraction of sp³-hybridized carbons (Fsp3) is 0.684. The maximum absolute atomic E-state index is 6.07. The summed E-state index contributed by atoms with van der Waals surface area (Å²) in [5.41, 5.74) is 7.56. The molecule has 0 aliphatic carbocycles. The maximum Gasteiger partial charge on any atom is 0.0246 e. The fourth-order valence-electron chi connectivity index (χ4n) is 3.91. The van der Waals surface area contributed by atoms with Crippen LogP contribution in [0.1, 0.15) is 45.1 Å². The van der Waals surface area contributed by atoms with Gasteiger partial charge in [0, 0.05) is 12.6 Å². The lowest BCUT2D eigenvalue weighted by molar-refractivity contribution is 0.0948. The first-order valence-electron chi connectivity index (χ1n) is 8.76. The Morgan fingerprint density at radius 3 is 2.24 bits per heavy atom. The topological polar surface area (TPSA) is 29.3 Å². The molecule has 118 valence electrons. The normalized spacial score (nSPS) is 19.0. The molecule has 1 aromatic rings. The third-order valence-electron chi connectivity index (χ3n) is 5.32. The molecule has 21 heavy (non-hydrogen) atoms. The van der Waals surface area contributed by atoms with E-state index < -0.39 is 0 Å². The second-order valence-corrected chi connectivity index (χ2v) is 6.55. The first-order chi connectivity index (χ1) is 10.3. The van der Waals surface area contributed by atoms with Gasteiger partial charge in [-0.2, -0.15) is 0 Å². The number of nitrogens with zero attached hydrogens (tertiary/aromatic N) is 1. The molecule has 0 aromatic heterocycles. The quantitative estimate of drug-likeness (QED) is 0.829. The van der Waals surface area contributed by atoms with Crippen molar-refractivity contribution in [3.63, 3.8) is 0 Å². The highest BCUT2D eigenvalue weighted by Crippen LogP contribution is 2.26. The van der Waals surface area contributed by atoms with Crippen LogP contribution in [0.2, 0.25) is 0 Å². The van der Waals surface area contributed by atoms with E-state index in [0.29, 0.717) is 6.04 Å². The Morgan fingerprint density at radius 2 is 1.71 bits per heavy atom. The second-order valence-electron chi connectivity index (χ2n) is 6.55. The van der Waals surface area contributed by atoms with Crippen LogP contribution in [0.15, 0.2) is 30.3 Å². The van der Waals surface area contributed by atoms with E-state index in [1.807, 2.05) is 0 Å². The molecule has 0 amide bonds. The summed E-state index contributed by atoms with van der Waals surface area (Å²) in [6.45, 7) is 7.89. The minimum atomic E-state index is 0.595. The van der Waals surface area contributed by atoms with Crippen molar-refractivity contribution in [3.05, 3.63) is 35.9 Å². The molecule has 1 aliphatic rings. The van der Waals surface area contributed by atoms with Crippen molar-refractivity contribution in [3.8, 4) is 0 Å². The monoisotopic (exact) mass is 288 g/mol. The standard InChI is InChI=1S/C19H32N2/c1-3-18(4-2)19(15-20)21-12-10-17(11-13-21)14-16-8-6-5-7-9-16/h5-9,17-19H,3-4,10-15,20H2,1-2H3. The highest BCUT2D eigenvalue weighted by atomic mass is 15.2. The minimum Gasteiger partial charge on any atom is -0.329 e. The highest BCUT2D eigenvalue weighted by Gasteiger charge is 2.28. The van der Waals surface area contributed by atoms with E-state index in [1.54, 1.807) is 0 Å². The van der Waals surface area contributed by atoms with Gasteiger partial charge in [-0.3, -0.25) is 4.90 Å². The number of rotatable bonds is 7. The molecule has 1 fully saturated rings. The Kier molecular flexibility index (Phi) is 6.72. The molecule has 1 heterocycles. The van der Waals surface area contributed by atoms with Gasteiger partial charge in [-0.1, -0.05) is 57.0 Å². The lowest BCUT2D eigenvalue weighted by Crippen LogP contribution is -2.49. The van der Waals surface area contributed by atoms with E-state index in [-0.39, 0.29) is 0 Å². The molecule has 2 nitrogen and oxygen atoms in total. The van der Waals surface area contributed by atoms with Crippen LogP contribution in [-0.2, 0) is 6.42 Å². The fourth-order valence-corrected chi connectivity index (χ4v) is 3.91. The van der Waals surface area contributed by atoms with Crippen LogP contribution >= 0.6 is 0 Å². The summed E-state index contributed by atoms with van der Waals surface area (Å²) in [6, 6.07) is 11.5. The van der Waals surface area contributed by atoms with Crippen LogP contribution < -0.4 is 5.73 Å². The van der Waals surface area contributed by atoms with Gasteiger partial charge in [0.2, 0.25) is 0 Å². The average molecular weight is 288 g/mol. The average Bonchev–Trinajstić information content (AvgIpc) is 2.54. The third kappa shape index (κ3) is 4.55. The van der Waals surface area contributed by atoms with Crippen molar-refractivity contribution >= 4 is 0 Å². The van der Waals surface area contributed by atoms with Crippen LogP contribution in [0.3, 0.4) is 0 Å². The molecule has 1 saturated heterocycles. The molecule has 2 rings (SSSR count).